The Morgan fingerprint density at radius 3 is 2.22 bits per heavy atom. The summed E-state index contributed by atoms with van der Waals surface area (Å²) in [4.78, 5) is 24.7. The molecule has 0 aliphatic heterocycles. The average Bonchev–Trinajstić information content (AvgIpc) is 2.60. The zero-order chi connectivity index (χ0) is 16.7. The van der Waals surface area contributed by atoms with E-state index in [0.717, 1.165) is 18.4 Å². The van der Waals surface area contributed by atoms with Gasteiger partial charge in [-0.1, -0.05) is 61.9 Å². The summed E-state index contributed by atoms with van der Waals surface area (Å²) >= 11 is 0. The van der Waals surface area contributed by atoms with E-state index in [0.29, 0.717) is 17.5 Å². The Bertz CT molecular complexity index is 662. The molecule has 0 saturated carbocycles. The summed E-state index contributed by atoms with van der Waals surface area (Å²) in [7, 11) is 0. The van der Waals surface area contributed by atoms with Crippen molar-refractivity contribution < 1.29 is 14.3 Å². The molecule has 0 saturated heterocycles. The molecule has 0 aliphatic carbocycles. The van der Waals surface area contributed by atoms with Crippen molar-refractivity contribution in [2.75, 3.05) is 0 Å². The first-order valence-corrected chi connectivity index (χ1v) is 8.01. The van der Waals surface area contributed by atoms with Gasteiger partial charge < -0.3 is 4.74 Å². The van der Waals surface area contributed by atoms with E-state index in [2.05, 4.69) is 0 Å². The molecule has 0 amide bonds. The van der Waals surface area contributed by atoms with E-state index in [1.165, 1.54) is 0 Å². The van der Waals surface area contributed by atoms with Gasteiger partial charge in [-0.2, -0.15) is 0 Å². The van der Waals surface area contributed by atoms with Crippen molar-refractivity contribution in [3.63, 3.8) is 0 Å². The van der Waals surface area contributed by atoms with Crippen LogP contribution in [0.5, 0.6) is 0 Å². The summed E-state index contributed by atoms with van der Waals surface area (Å²) in [6, 6.07) is 16.4. The van der Waals surface area contributed by atoms with E-state index in [-0.39, 0.29) is 11.9 Å². The van der Waals surface area contributed by atoms with Crippen molar-refractivity contribution in [2.45, 2.75) is 39.2 Å². The monoisotopic (exact) mass is 310 g/mol. The number of carbonyl (C=O) groups excluding carboxylic acids is 2. The number of ether oxygens (including phenoxy) is 1. The highest BCUT2D eigenvalue weighted by molar-refractivity contribution is 6.06. The highest BCUT2D eigenvalue weighted by atomic mass is 16.5. The molecule has 0 aliphatic rings. The Kier molecular flexibility index (Phi) is 6.10. The van der Waals surface area contributed by atoms with Gasteiger partial charge in [0.05, 0.1) is 5.56 Å². The molecular formula is C20H22O3. The molecule has 0 spiro atoms. The van der Waals surface area contributed by atoms with Crippen LogP contribution < -0.4 is 0 Å². The maximum absolute atomic E-state index is 12.5. The van der Waals surface area contributed by atoms with E-state index in [1.807, 2.05) is 44.2 Å². The zero-order valence-electron chi connectivity index (χ0n) is 13.6. The third kappa shape index (κ3) is 4.52. The molecule has 2 rings (SSSR count). The standard InChI is InChI=1S/C20H22O3/c1-3-4-14-19(21)17-12-8-9-13-18(17)20(22)23-15(2)16-10-6-5-7-11-16/h5-13,15H,3-4,14H2,1-2H3/t15-/m0/s1. The number of carbonyl (C=O) groups is 2. The van der Waals surface area contributed by atoms with E-state index in [1.54, 1.807) is 24.3 Å². The van der Waals surface area contributed by atoms with Gasteiger partial charge in [-0.15, -0.1) is 0 Å². The van der Waals surface area contributed by atoms with Gasteiger partial charge in [0.15, 0.2) is 5.78 Å². The smallest absolute Gasteiger partial charge is 0.339 e. The predicted molar refractivity (Wildman–Crippen MR) is 90.6 cm³/mol. The van der Waals surface area contributed by atoms with Crippen LogP contribution in [-0.2, 0) is 4.74 Å². The van der Waals surface area contributed by atoms with Crippen molar-refractivity contribution in [1.29, 1.82) is 0 Å². The van der Waals surface area contributed by atoms with Crippen LogP contribution in [0.3, 0.4) is 0 Å². The topological polar surface area (TPSA) is 43.4 Å². The SMILES string of the molecule is CCCCC(=O)c1ccccc1C(=O)O[C@@H](C)c1ccccc1. The summed E-state index contributed by atoms with van der Waals surface area (Å²) in [6.45, 7) is 3.86. The largest absolute Gasteiger partial charge is 0.454 e. The summed E-state index contributed by atoms with van der Waals surface area (Å²) < 4.78 is 5.53. The minimum Gasteiger partial charge on any atom is -0.454 e. The lowest BCUT2D eigenvalue weighted by Crippen LogP contribution is -2.14. The second-order valence-electron chi connectivity index (χ2n) is 5.53. The lowest BCUT2D eigenvalue weighted by molar-refractivity contribution is 0.0335. The Morgan fingerprint density at radius 1 is 0.957 bits per heavy atom. The average molecular weight is 310 g/mol. The van der Waals surface area contributed by atoms with E-state index in [9.17, 15) is 9.59 Å². The molecule has 23 heavy (non-hydrogen) atoms. The van der Waals surface area contributed by atoms with Crippen LogP contribution in [-0.4, -0.2) is 11.8 Å². The molecule has 0 unspecified atom stereocenters. The number of esters is 1. The number of unbranched alkanes of at least 4 members (excludes halogenated alkanes) is 1. The fraction of sp³-hybridized carbons (Fsp3) is 0.300. The minimum atomic E-state index is -0.457. The fourth-order valence-electron chi connectivity index (χ4n) is 2.39. The molecule has 3 heteroatoms. The normalized spacial score (nSPS) is 11.7. The van der Waals surface area contributed by atoms with Crippen molar-refractivity contribution in [3.8, 4) is 0 Å². The molecule has 1 atom stereocenters. The number of benzene rings is 2. The zero-order valence-corrected chi connectivity index (χ0v) is 13.6. The van der Waals surface area contributed by atoms with Gasteiger partial charge in [0.2, 0.25) is 0 Å². The molecule has 0 aromatic heterocycles. The third-order valence-electron chi connectivity index (χ3n) is 3.76. The molecule has 2 aromatic rings. The molecule has 0 radical (unpaired) electrons. The molecule has 120 valence electrons. The quantitative estimate of drug-likeness (QED) is 0.535. The molecule has 0 fully saturated rings. The van der Waals surface area contributed by atoms with Crippen LogP contribution in [0.15, 0.2) is 54.6 Å². The number of ketones is 1. The highest BCUT2D eigenvalue weighted by Crippen LogP contribution is 2.20. The highest BCUT2D eigenvalue weighted by Gasteiger charge is 2.19. The maximum atomic E-state index is 12.5. The van der Waals surface area contributed by atoms with Gasteiger partial charge in [-0.05, 0) is 25.0 Å². The third-order valence-corrected chi connectivity index (χ3v) is 3.76. The van der Waals surface area contributed by atoms with Crippen LogP contribution in [0.1, 0.15) is 65.5 Å². The Hall–Kier alpha value is -2.42. The lowest BCUT2D eigenvalue weighted by atomic mass is 10.00. The maximum Gasteiger partial charge on any atom is 0.339 e. The Labute approximate surface area is 137 Å². The minimum absolute atomic E-state index is 0.00763. The summed E-state index contributed by atoms with van der Waals surface area (Å²) in [6.07, 6.45) is 1.86. The number of rotatable bonds is 7. The van der Waals surface area contributed by atoms with Gasteiger partial charge in [-0.3, -0.25) is 4.79 Å². The summed E-state index contributed by atoms with van der Waals surface area (Å²) in [5.41, 5.74) is 1.72. The first-order valence-electron chi connectivity index (χ1n) is 8.01. The number of hydrogen-bond acceptors (Lipinski definition) is 3. The second-order valence-corrected chi connectivity index (χ2v) is 5.53. The molecule has 0 N–H and O–H groups in total. The van der Waals surface area contributed by atoms with Gasteiger partial charge >= 0.3 is 5.97 Å². The number of Topliss-reactive ketones (excluding diaryl/α,β-unsaturated/α-hetero) is 1. The van der Waals surface area contributed by atoms with Crippen molar-refractivity contribution >= 4 is 11.8 Å². The predicted octanol–water partition coefficient (Wildman–Crippen LogP) is 4.98. The van der Waals surface area contributed by atoms with Gasteiger partial charge in [0, 0.05) is 12.0 Å². The fourth-order valence-corrected chi connectivity index (χ4v) is 2.39. The van der Waals surface area contributed by atoms with E-state index >= 15 is 0 Å². The van der Waals surface area contributed by atoms with Crippen molar-refractivity contribution in [1.82, 2.24) is 0 Å². The van der Waals surface area contributed by atoms with Gasteiger partial charge in [0.25, 0.3) is 0 Å². The summed E-state index contributed by atoms with van der Waals surface area (Å²) in [5, 5.41) is 0. The summed E-state index contributed by atoms with van der Waals surface area (Å²) in [5.74, 6) is -0.464. The van der Waals surface area contributed by atoms with Crippen LogP contribution in [0.2, 0.25) is 0 Å². The van der Waals surface area contributed by atoms with Crippen LogP contribution in [0.4, 0.5) is 0 Å². The van der Waals surface area contributed by atoms with E-state index < -0.39 is 5.97 Å². The van der Waals surface area contributed by atoms with Crippen molar-refractivity contribution in [3.05, 3.63) is 71.3 Å². The van der Waals surface area contributed by atoms with Crippen LogP contribution in [0.25, 0.3) is 0 Å². The van der Waals surface area contributed by atoms with Crippen LogP contribution >= 0.6 is 0 Å². The first-order chi connectivity index (χ1) is 11.1. The Balaban J connectivity index is 2.15. The molecular weight excluding hydrogens is 288 g/mol. The lowest BCUT2D eigenvalue weighted by Gasteiger charge is -2.15. The van der Waals surface area contributed by atoms with E-state index in [4.69, 9.17) is 4.74 Å². The van der Waals surface area contributed by atoms with Crippen LogP contribution in [0, 0.1) is 0 Å². The molecule has 3 nitrogen and oxygen atoms in total. The molecule has 2 aromatic carbocycles. The second kappa shape index (κ2) is 8.28. The Morgan fingerprint density at radius 2 is 1.57 bits per heavy atom. The first kappa shape index (κ1) is 16.9. The van der Waals surface area contributed by atoms with Crippen molar-refractivity contribution in [2.24, 2.45) is 0 Å². The van der Waals surface area contributed by atoms with Gasteiger partial charge in [0.1, 0.15) is 6.10 Å². The molecule has 0 bridgehead atoms. The number of hydrogen-bond donors (Lipinski definition) is 0. The molecule has 0 heterocycles. The van der Waals surface area contributed by atoms with Gasteiger partial charge in [-0.25, -0.2) is 4.79 Å².